The average Bonchev–Trinajstić information content (AvgIpc) is 2.36. The first kappa shape index (κ1) is 14.6. The maximum atomic E-state index is 13.1. The topological polar surface area (TPSA) is 55.1 Å². The second-order valence-electron chi connectivity index (χ2n) is 4.70. The van der Waals surface area contributed by atoms with Crippen LogP contribution in [0.1, 0.15) is 38.8 Å². The Morgan fingerprint density at radius 3 is 2.67 bits per heavy atom. The van der Waals surface area contributed by atoms with Gasteiger partial charge in [-0.1, -0.05) is 32.4 Å². The van der Waals surface area contributed by atoms with E-state index in [-0.39, 0.29) is 23.7 Å². The molecule has 0 aromatic heterocycles. The van der Waals surface area contributed by atoms with Crippen molar-refractivity contribution in [2.75, 3.05) is 0 Å². The van der Waals surface area contributed by atoms with Gasteiger partial charge in [-0.3, -0.25) is 4.79 Å². The third-order valence-electron chi connectivity index (χ3n) is 3.27. The minimum atomic E-state index is -0.522. The third kappa shape index (κ3) is 3.81. The van der Waals surface area contributed by atoms with Crippen molar-refractivity contribution in [1.29, 1.82) is 0 Å². The fourth-order valence-corrected chi connectivity index (χ4v) is 1.68. The van der Waals surface area contributed by atoms with E-state index in [0.29, 0.717) is 0 Å². The Morgan fingerprint density at radius 1 is 1.44 bits per heavy atom. The molecule has 0 spiro atoms. The number of rotatable bonds is 5. The highest BCUT2D eigenvalue weighted by molar-refractivity contribution is 5.82. The number of benzene rings is 1. The number of amides is 1. The molecule has 18 heavy (non-hydrogen) atoms. The predicted octanol–water partition coefficient (Wildman–Crippen LogP) is 2.38. The average molecular weight is 252 g/mol. The summed E-state index contributed by atoms with van der Waals surface area (Å²) >= 11 is 0. The van der Waals surface area contributed by atoms with Gasteiger partial charge in [-0.25, -0.2) is 4.39 Å². The summed E-state index contributed by atoms with van der Waals surface area (Å²) in [7, 11) is 0. The van der Waals surface area contributed by atoms with Crippen molar-refractivity contribution in [3.8, 4) is 0 Å². The summed E-state index contributed by atoms with van der Waals surface area (Å²) in [5, 5.41) is 2.81. The van der Waals surface area contributed by atoms with E-state index < -0.39 is 6.04 Å². The largest absolute Gasteiger partial charge is 0.348 e. The van der Waals surface area contributed by atoms with E-state index in [1.54, 1.807) is 12.1 Å². The monoisotopic (exact) mass is 252 g/mol. The SMILES string of the molecule is CCC(C)[C@H](N)C(=O)NC(C)c1cccc(F)c1. The molecule has 0 radical (unpaired) electrons. The second-order valence-corrected chi connectivity index (χ2v) is 4.70. The predicted molar refractivity (Wildman–Crippen MR) is 70.4 cm³/mol. The summed E-state index contributed by atoms with van der Waals surface area (Å²) in [6, 6.07) is 5.43. The van der Waals surface area contributed by atoms with E-state index in [9.17, 15) is 9.18 Å². The molecule has 3 nitrogen and oxygen atoms in total. The van der Waals surface area contributed by atoms with Gasteiger partial charge < -0.3 is 11.1 Å². The first-order valence-electron chi connectivity index (χ1n) is 6.27. The zero-order valence-corrected chi connectivity index (χ0v) is 11.1. The van der Waals surface area contributed by atoms with Gasteiger partial charge >= 0.3 is 0 Å². The summed E-state index contributed by atoms with van der Waals surface area (Å²) in [5.74, 6) is -0.370. The van der Waals surface area contributed by atoms with Gasteiger partial charge in [0.25, 0.3) is 0 Å². The lowest BCUT2D eigenvalue weighted by Crippen LogP contribution is -2.45. The molecular formula is C14H21FN2O. The van der Waals surface area contributed by atoms with Crippen LogP contribution in [0, 0.1) is 11.7 Å². The van der Waals surface area contributed by atoms with Crippen molar-refractivity contribution in [3.05, 3.63) is 35.6 Å². The summed E-state index contributed by atoms with van der Waals surface area (Å²) in [5.41, 5.74) is 6.58. The summed E-state index contributed by atoms with van der Waals surface area (Å²) in [6.07, 6.45) is 0.850. The first-order valence-corrected chi connectivity index (χ1v) is 6.27. The lowest BCUT2D eigenvalue weighted by atomic mass is 9.98. The van der Waals surface area contributed by atoms with E-state index in [1.807, 2.05) is 20.8 Å². The van der Waals surface area contributed by atoms with Crippen LogP contribution >= 0.6 is 0 Å². The zero-order chi connectivity index (χ0) is 13.7. The van der Waals surface area contributed by atoms with Crippen molar-refractivity contribution >= 4 is 5.91 Å². The zero-order valence-electron chi connectivity index (χ0n) is 11.1. The van der Waals surface area contributed by atoms with Crippen molar-refractivity contribution in [2.45, 2.75) is 39.3 Å². The minimum absolute atomic E-state index is 0.129. The third-order valence-corrected chi connectivity index (χ3v) is 3.27. The van der Waals surface area contributed by atoms with Gasteiger partial charge in [0.15, 0.2) is 0 Å². The van der Waals surface area contributed by atoms with Gasteiger partial charge in [-0.15, -0.1) is 0 Å². The van der Waals surface area contributed by atoms with Crippen LogP contribution in [0.3, 0.4) is 0 Å². The highest BCUT2D eigenvalue weighted by Gasteiger charge is 2.21. The van der Waals surface area contributed by atoms with Crippen molar-refractivity contribution in [2.24, 2.45) is 11.7 Å². The molecule has 0 aliphatic carbocycles. The van der Waals surface area contributed by atoms with Gasteiger partial charge in [0.1, 0.15) is 5.82 Å². The Kier molecular flexibility index (Phi) is 5.28. The molecule has 1 aromatic rings. The standard InChI is InChI=1S/C14H21FN2O/c1-4-9(2)13(16)14(18)17-10(3)11-6-5-7-12(15)8-11/h5-10,13H,4,16H2,1-3H3,(H,17,18)/t9?,10?,13-/m0/s1. The van der Waals surface area contributed by atoms with Crippen LogP contribution in [0.25, 0.3) is 0 Å². The molecule has 0 saturated carbocycles. The molecule has 2 unspecified atom stereocenters. The van der Waals surface area contributed by atoms with E-state index in [0.717, 1.165) is 12.0 Å². The number of nitrogens with one attached hydrogen (secondary N) is 1. The molecule has 1 amide bonds. The number of carbonyl (C=O) groups excluding carboxylic acids is 1. The van der Waals surface area contributed by atoms with Crippen LogP contribution in [-0.4, -0.2) is 11.9 Å². The fraction of sp³-hybridized carbons (Fsp3) is 0.500. The Morgan fingerprint density at radius 2 is 2.11 bits per heavy atom. The molecule has 0 saturated heterocycles. The van der Waals surface area contributed by atoms with E-state index in [1.165, 1.54) is 12.1 Å². The van der Waals surface area contributed by atoms with E-state index >= 15 is 0 Å². The Balaban J connectivity index is 2.65. The molecule has 1 rings (SSSR count). The highest BCUT2D eigenvalue weighted by Crippen LogP contribution is 2.14. The molecule has 3 N–H and O–H groups in total. The maximum absolute atomic E-state index is 13.1. The lowest BCUT2D eigenvalue weighted by molar-refractivity contribution is -0.124. The van der Waals surface area contributed by atoms with Crippen molar-refractivity contribution < 1.29 is 9.18 Å². The Labute approximate surface area is 108 Å². The Hall–Kier alpha value is -1.42. The van der Waals surface area contributed by atoms with Crippen molar-refractivity contribution in [3.63, 3.8) is 0 Å². The summed E-state index contributed by atoms with van der Waals surface area (Å²) in [4.78, 5) is 11.9. The van der Waals surface area contributed by atoms with Crippen molar-refractivity contribution in [1.82, 2.24) is 5.32 Å². The molecule has 0 aliphatic rings. The highest BCUT2D eigenvalue weighted by atomic mass is 19.1. The normalized spacial score (nSPS) is 15.8. The van der Waals surface area contributed by atoms with Gasteiger partial charge in [0.05, 0.1) is 12.1 Å². The number of halogens is 1. The van der Waals surface area contributed by atoms with Gasteiger partial charge in [0.2, 0.25) is 5.91 Å². The molecule has 3 atom stereocenters. The van der Waals surface area contributed by atoms with Crippen LogP contribution in [-0.2, 0) is 4.79 Å². The number of hydrogen-bond acceptors (Lipinski definition) is 2. The Bertz CT molecular complexity index is 409. The maximum Gasteiger partial charge on any atom is 0.237 e. The molecule has 0 heterocycles. The lowest BCUT2D eigenvalue weighted by Gasteiger charge is -2.21. The first-order chi connectivity index (χ1) is 8.45. The van der Waals surface area contributed by atoms with Gasteiger partial charge in [-0.2, -0.15) is 0 Å². The van der Waals surface area contributed by atoms with E-state index in [2.05, 4.69) is 5.32 Å². The smallest absolute Gasteiger partial charge is 0.237 e. The minimum Gasteiger partial charge on any atom is -0.348 e. The fourth-order valence-electron chi connectivity index (χ4n) is 1.68. The molecule has 0 bridgehead atoms. The van der Waals surface area contributed by atoms with Crippen LogP contribution in [0.2, 0.25) is 0 Å². The summed E-state index contributed by atoms with van der Waals surface area (Å²) < 4.78 is 13.1. The molecule has 0 fully saturated rings. The number of hydrogen-bond donors (Lipinski definition) is 2. The van der Waals surface area contributed by atoms with Crippen LogP contribution < -0.4 is 11.1 Å². The molecule has 4 heteroatoms. The van der Waals surface area contributed by atoms with Crippen LogP contribution in [0.15, 0.2) is 24.3 Å². The summed E-state index contributed by atoms with van der Waals surface area (Å²) in [6.45, 7) is 5.75. The molecule has 0 aliphatic heterocycles. The molecule has 100 valence electrons. The van der Waals surface area contributed by atoms with Crippen LogP contribution in [0.4, 0.5) is 4.39 Å². The quantitative estimate of drug-likeness (QED) is 0.845. The second kappa shape index (κ2) is 6.50. The number of nitrogens with two attached hydrogens (primary N) is 1. The molecule has 1 aromatic carbocycles. The van der Waals surface area contributed by atoms with Gasteiger partial charge in [-0.05, 0) is 30.5 Å². The van der Waals surface area contributed by atoms with E-state index in [4.69, 9.17) is 5.73 Å². The number of carbonyl (C=O) groups is 1. The van der Waals surface area contributed by atoms with Gasteiger partial charge in [0, 0.05) is 0 Å². The molecular weight excluding hydrogens is 231 g/mol. The van der Waals surface area contributed by atoms with Crippen LogP contribution in [0.5, 0.6) is 0 Å².